The zero-order chi connectivity index (χ0) is 21.7. The molecule has 0 saturated carbocycles. The fourth-order valence-corrected chi connectivity index (χ4v) is 5.59. The third-order valence-electron chi connectivity index (χ3n) is 4.36. The molecule has 0 fully saturated rings. The molecular weight excluding hydrogens is 422 g/mol. The highest BCUT2D eigenvalue weighted by Crippen LogP contribution is 2.36. The van der Waals surface area contributed by atoms with Crippen molar-refractivity contribution in [3.8, 4) is 0 Å². The number of amides is 2. The molecule has 0 unspecified atom stereocenters. The van der Waals surface area contributed by atoms with E-state index in [-0.39, 0.29) is 30.0 Å². The lowest BCUT2D eigenvalue weighted by Gasteiger charge is -2.23. The van der Waals surface area contributed by atoms with Gasteiger partial charge < -0.3 is 10.6 Å². The first-order chi connectivity index (χ1) is 14.2. The van der Waals surface area contributed by atoms with Crippen molar-refractivity contribution in [2.45, 2.75) is 48.8 Å². The molecule has 0 saturated heterocycles. The number of benzene rings is 2. The van der Waals surface area contributed by atoms with E-state index >= 15 is 0 Å². The zero-order valence-corrected chi connectivity index (χ0v) is 18.5. The largest absolute Gasteiger partial charge is 0.352 e. The molecule has 3 rings (SSSR count). The monoisotopic (exact) mass is 447 g/mol. The fourth-order valence-electron chi connectivity index (χ4n) is 3.04. The van der Waals surface area contributed by atoms with E-state index in [1.54, 1.807) is 38.1 Å². The number of fused-ring (bicyclic) bond motifs is 1. The van der Waals surface area contributed by atoms with E-state index in [9.17, 15) is 18.0 Å². The van der Waals surface area contributed by atoms with Gasteiger partial charge in [0.25, 0.3) is 0 Å². The third-order valence-corrected chi connectivity index (χ3v) is 7.18. The molecule has 0 aromatic heterocycles. The summed E-state index contributed by atoms with van der Waals surface area (Å²) in [5, 5.41) is 5.18. The van der Waals surface area contributed by atoms with Gasteiger partial charge in [-0.05, 0) is 37.1 Å². The van der Waals surface area contributed by atoms with Crippen molar-refractivity contribution in [1.82, 2.24) is 10.0 Å². The van der Waals surface area contributed by atoms with E-state index in [2.05, 4.69) is 15.4 Å². The van der Waals surface area contributed by atoms with Gasteiger partial charge in [-0.3, -0.25) is 9.59 Å². The van der Waals surface area contributed by atoms with Crippen molar-refractivity contribution in [3.05, 3.63) is 59.7 Å². The number of anilines is 1. The van der Waals surface area contributed by atoms with Crippen molar-refractivity contribution in [3.63, 3.8) is 0 Å². The molecule has 0 radical (unpaired) electrons. The summed E-state index contributed by atoms with van der Waals surface area (Å²) in [6.45, 7) is 3.86. The molecule has 0 spiro atoms. The Kier molecular flexibility index (Phi) is 7.17. The van der Waals surface area contributed by atoms with Crippen molar-refractivity contribution in [1.29, 1.82) is 0 Å². The Hall–Kier alpha value is -2.36. The van der Waals surface area contributed by atoms with Crippen LogP contribution in [0, 0.1) is 0 Å². The Morgan fingerprint density at radius 1 is 1.10 bits per heavy atom. The second kappa shape index (κ2) is 9.63. The second-order valence-corrected chi connectivity index (χ2v) is 10.4. The average molecular weight is 448 g/mol. The van der Waals surface area contributed by atoms with Crippen LogP contribution in [0.1, 0.15) is 31.4 Å². The van der Waals surface area contributed by atoms with Crippen LogP contribution in [0.3, 0.4) is 0 Å². The first-order valence-electron chi connectivity index (χ1n) is 9.63. The molecule has 1 aliphatic rings. The number of sulfonamides is 1. The first-order valence-corrected chi connectivity index (χ1v) is 12.2. The number of para-hydroxylation sites is 1. The summed E-state index contributed by atoms with van der Waals surface area (Å²) in [7, 11) is -3.38. The van der Waals surface area contributed by atoms with Gasteiger partial charge in [0.05, 0.1) is 16.7 Å². The molecule has 3 N–H and O–H groups in total. The quantitative estimate of drug-likeness (QED) is 0.577. The number of nitrogens with one attached hydrogen (secondary N) is 3. The molecule has 1 atom stereocenters. The summed E-state index contributed by atoms with van der Waals surface area (Å²) in [6, 6.07) is 14.4. The van der Waals surface area contributed by atoms with Gasteiger partial charge in [-0.2, -0.15) is 0 Å². The molecule has 1 heterocycles. The van der Waals surface area contributed by atoms with Gasteiger partial charge in [0.2, 0.25) is 21.8 Å². The van der Waals surface area contributed by atoms with Crippen LogP contribution in [0.2, 0.25) is 0 Å². The molecule has 2 aromatic rings. The summed E-state index contributed by atoms with van der Waals surface area (Å²) < 4.78 is 26.6. The van der Waals surface area contributed by atoms with Crippen LogP contribution in [-0.2, 0) is 31.9 Å². The van der Waals surface area contributed by atoms with Crippen LogP contribution in [0.5, 0.6) is 0 Å². The van der Waals surface area contributed by atoms with E-state index in [1.165, 1.54) is 11.8 Å². The van der Waals surface area contributed by atoms with Crippen molar-refractivity contribution in [2.75, 3.05) is 5.32 Å². The maximum Gasteiger partial charge on any atom is 0.238 e. The number of carbonyl (C=O) groups is 2. The highest BCUT2D eigenvalue weighted by atomic mass is 32.2. The number of rotatable bonds is 8. The maximum absolute atomic E-state index is 12.3. The van der Waals surface area contributed by atoms with E-state index in [0.29, 0.717) is 12.1 Å². The number of thioether (sulfide) groups is 1. The van der Waals surface area contributed by atoms with Crippen LogP contribution in [0.4, 0.5) is 5.69 Å². The van der Waals surface area contributed by atoms with Gasteiger partial charge in [0, 0.05) is 23.9 Å². The lowest BCUT2D eigenvalue weighted by Crippen LogP contribution is -2.34. The van der Waals surface area contributed by atoms with Crippen LogP contribution >= 0.6 is 11.8 Å². The summed E-state index contributed by atoms with van der Waals surface area (Å²) in [6.07, 6.45) is 0.0854. The lowest BCUT2D eigenvalue weighted by molar-refractivity contribution is -0.124. The van der Waals surface area contributed by atoms with Crippen LogP contribution in [0.15, 0.2) is 53.4 Å². The van der Waals surface area contributed by atoms with Gasteiger partial charge >= 0.3 is 0 Å². The third kappa shape index (κ3) is 6.32. The second-order valence-electron chi connectivity index (χ2n) is 7.42. The molecule has 0 aliphatic carbocycles. The SMILES string of the molecule is CC(C)NS(=O)(=O)Cc1ccc(CNC(=O)C[C@H]2Sc3ccccc3NC2=O)cc1. The molecule has 30 heavy (non-hydrogen) atoms. The standard InChI is InChI=1S/C21H25N3O4S2/c1-14(2)24-30(27,28)13-16-9-7-15(8-10-16)12-22-20(25)11-19-21(26)23-17-5-3-4-6-18(17)29-19/h3-10,14,19,24H,11-13H2,1-2H3,(H,22,25)(H,23,26)/t19-/m1/s1. The Morgan fingerprint density at radius 3 is 2.47 bits per heavy atom. The van der Waals surface area contributed by atoms with Crippen molar-refractivity contribution in [2.24, 2.45) is 0 Å². The predicted octanol–water partition coefficient (Wildman–Crippen LogP) is 2.63. The zero-order valence-electron chi connectivity index (χ0n) is 16.8. The topological polar surface area (TPSA) is 104 Å². The van der Waals surface area contributed by atoms with Crippen LogP contribution in [0.25, 0.3) is 0 Å². The minimum absolute atomic E-state index is 0.0854. The molecular formula is C21H25N3O4S2. The number of hydrogen-bond donors (Lipinski definition) is 3. The predicted molar refractivity (Wildman–Crippen MR) is 119 cm³/mol. The minimum Gasteiger partial charge on any atom is -0.352 e. The maximum atomic E-state index is 12.3. The highest BCUT2D eigenvalue weighted by molar-refractivity contribution is 8.01. The number of carbonyl (C=O) groups excluding carboxylic acids is 2. The number of hydrogen-bond acceptors (Lipinski definition) is 5. The summed E-state index contributed by atoms with van der Waals surface area (Å²) in [5.41, 5.74) is 2.30. The lowest BCUT2D eigenvalue weighted by atomic mass is 10.1. The Morgan fingerprint density at radius 2 is 1.77 bits per heavy atom. The minimum atomic E-state index is -3.38. The van der Waals surface area contributed by atoms with E-state index in [1.807, 2.05) is 24.3 Å². The van der Waals surface area contributed by atoms with E-state index in [4.69, 9.17) is 0 Å². The Balaban J connectivity index is 1.50. The van der Waals surface area contributed by atoms with Gasteiger partial charge in [-0.15, -0.1) is 11.8 Å². The normalized spacial score (nSPS) is 16.1. The molecule has 9 heteroatoms. The molecule has 2 aromatic carbocycles. The van der Waals surface area contributed by atoms with Crippen LogP contribution in [-0.4, -0.2) is 31.5 Å². The first kappa shape index (κ1) is 22.3. The van der Waals surface area contributed by atoms with Gasteiger partial charge in [0.1, 0.15) is 0 Å². The molecule has 0 bridgehead atoms. The van der Waals surface area contributed by atoms with Gasteiger partial charge in [-0.25, -0.2) is 13.1 Å². The molecule has 160 valence electrons. The summed E-state index contributed by atoms with van der Waals surface area (Å²) in [5.74, 6) is -0.475. The average Bonchev–Trinajstić information content (AvgIpc) is 2.66. The van der Waals surface area contributed by atoms with E-state index < -0.39 is 15.3 Å². The molecule has 2 amide bonds. The summed E-state index contributed by atoms with van der Waals surface area (Å²) >= 11 is 1.39. The van der Waals surface area contributed by atoms with Crippen LogP contribution < -0.4 is 15.4 Å². The Bertz CT molecular complexity index is 1020. The molecule has 7 nitrogen and oxygen atoms in total. The Labute approximate surface area is 181 Å². The van der Waals surface area contributed by atoms with Gasteiger partial charge in [-0.1, -0.05) is 36.4 Å². The van der Waals surface area contributed by atoms with E-state index in [0.717, 1.165) is 16.1 Å². The van der Waals surface area contributed by atoms with Crippen molar-refractivity contribution < 1.29 is 18.0 Å². The smallest absolute Gasteiger partial charge is 0.238 e. The van der Waals surface area contributed by atoms with Gasteiger partial charge in [0.15, 0.2) is 0 Å². The summed E-state index contributed by atoms with van der Waals surface area (Å²) in [4.78, 5) is 25.5. The fraction of sp³-hybridized carbons (Fsp3) is 0.333. The highest BCUT2D eigenvalue weighted by Gasteiger charge is 2.28. The molecule has 1 aliphatic heterocycles. The van der Waals surface area contributed by atoms with Crippen molar-refractivity contribution >= 4 is 39.3 Å².